The van der Waals surface area contributed by atoms with Gasteiger partial charge < -0.3 is 10.5 Å². The van der Waals surface area contributed by atoms with Crippen molar-refractivity contribution in [3.05, 3.63) is 58.9 Å². The number of aromatic nitrogens is 2. The second-order valence-corrected chi connectivity index (χ2v) is 6.57. The summed E-state index contributed by atoms with van der Waals surface area (Å²) in [5.74, 6) is -0.946. The van der Waals surface area contributed by atoms with E-state index in [1.807, 2.05) is 5.32 Å². The monoisotopic (exact) mass is 420 g/mol. The lowest BCUT2D eigenvalue weighted by Gasteiger charge is -2.13. The van der Waals surface area contributed by atoms with Gasteiger partial charge in [-0.1, -0.05) is 23.9 Å². The van der Waals surface area contributed by atoms with Crippen molar-refractivity contribution >= 4 is 34.6 Å². The number of nitrogens with zero attached hydrogens (tertiary/aromatic N) is 2. The van der Waals surface area contributed by atoms with Gasteiger partial charge in [0.1, 0.15) is 5.75 Å². The van der Waals surface area contributed by atoms with Crippen LogP contribution in [0.5, 0.6) is 5.75 Å². The number of hydrogen-bond acceptors (Lipinski definition) is 6. The highest BCUT2D eigenvalue weighted by molar-refractivity contribution is 7.99. The summed E-state index contributed by atoms with van der Waals surface area (Å²) in [4.78, 5) is 40.0. The van der Waals surface area contributed by atoms with E-state index in [2.05, 4.69) is 9.72 Å². The lowest BCUT2D eigenvalue weighted by molar-refractivity contribution is -0.117. The van der Waals surface area contributed by atoms with Gasteiger partial charge in [0.2, 0.25) is 5.91 Å². The maximum absolute atomic E-state index is 13.0. The van der Waals surface area contributed by atoms with Crippen molar-refractivity contribution in [2.45, 2.75) is 11.8 Å². The number of nitrogens with one attached hydrogen (secondary N) is 1. The fourth-order valence-electron chi connectivity index (χ4n) is 2.52. The molecule has 1 heterocycles. The first-order chi connectivity index (χ1) is 13.8. The smallest absolute Gasteiger partial charge is 0.387 e. The molecule has 0 saturated carbocycles. The molecule has 0 aliphatic heterocycles. The fraction of sp³-hybridized carbons (Fsp3) is 0.111. The lowest BCUT2D eigenvalue weighted by atomic mass is 10.2. The molecule has 0 spiro atoms. The molecule has 0 saturated heterocycles. The summed E-state index contributed by atoms with van der Waals surface area (Å²) in [6, 6.07) is 11.1. The average Bonchev–Trinajstić information content (AvgIpc) is 2.66. The Morgan fingerprint density at radius 1 is 1.17 bits per heavy atom. The molecule has 8 nitrogen and oxygen atoms in total. The van der Waals surface area contributed by atoms with Crippen LogP contribution in [0.2, 0.25) is 0 Å². The van der Waals surface area contributed by atoms with E-state index in [9.17, 15) is 23.2 Å². The third-order valence-corrected chi connectivity index (χ3v) is 4.60. The van der Waals surface area contributed by atoms with Gasteiger partial charge >= 0.3 is 12.6 Å². The summed E-state index contributed by atoms with van der Waals surface area (Å²) >= 11 is 0.917. The number of benzene rings is 2. The van der Waals surface area contributed by atoms with Crippen molar-refractivity contribution in [1.82, 2.24) is 14.9 Å². The van der Waals surface area contributed by atoms with E-state index in [4.69, 9.17) is 5.73 Å². The highest BCUT2D eigenvalue weighted by atomic mass is 32.2. The van der Waals surface area contributed by atoms with Crippen LogP contribution in [0, 0.1) is 0 Å². The molecule has 150 valence electrons. The number of alkyl halides is 2. The topological polar surface area (TPSA) is 116 Å². The number of thioether (sulfide) groups is 1. The lowest BCUT2D eigenvalue weighted by Crippen LogP contribution is -2.36. The Labute approximate surface area is 166 Å². The van der Waals surface area contributed by atoms with Gasteiger partial charge in [-0.05, 0) is 36.4 Å². The minimum absolute atomic E-state index is 0.0689. The minimum Gasteiger partial charge on any atom is -0.435 e. The highest BCUT2D eigenvalue weighted by Gasteiger charge is 2.15. The fourth-order valence-corrected chi connectivity index (χ4v) is 3.33. The first kappa shape index (κ1) is 20.3. The summed E-state index contributed by atoms with van der Waals surface area (Å²) in [5.41, 5.74) is 5.27. The third kappa shape index (κ3) is 4.88. The van der Waals surface area contributed by atoms with Crippen LogP contribution in [0.15, 0.2) is 58.5 Å². The van der Waals surface area contributed by atoms with E-state index in [0.29, 0.717) is 16.6 Å². The molecule has 3 N–H and O–H groups in total. The van der Waals surface area contributed by atoms with Crippen molar-refractivity contribution < 1.29 is 23.1 Å². The molecule has 0 atom stereocenters. The van der Waals surface area contributed by atoms with Gasteiger partial charge in [-0.3, -0.25) is 19.5 Å². The zero-order valence-corrected chi connectivity index (χ0v) is 15.5. The Morgan fingerprint density at radius 3 is 2.52 bits per heavy atom. The number of carbonyl (C=O) groups is 2. The number of hydrogen-bond donors (Lipinski definition) is 2. The maximum atomic E-state index is 13.0. The molecule has 0 aliphatic rings. The van der Waals surface area contributed by atoms with Gasteiger partial charge in [0.15, 0.2) is 5.16 Å². The molecule has 0 radical (unpaired) electrons. The van der Waals surface area contributed by atoms with Gasteiger partial charge in [0.05, 0.1) is 22.3 Å². The summed E-state index contributed by atoms with van der Waals surface area (Å²) in [7, 11) is 0. The Balaban J connectivity index is 2.03. The Morgan fingerprint density at radius 2 is 1.86 bits per heavy atom. The van der Waals surface area contributed by atoms with Crippen LogP contribution >= 0.6 is 11.8 Å². The number of fused-ring (bicyclic) bond motifs is 1. The molecular formula is C18H14F2N4O4S. The normalized spacial score (nSPS) is 10.9. The van der Waals surface area contributed by atoms with E-state index >= 15 is 0 Å². The minimum atomic E-state index is -2.97. The maximum Gasteiger partial charge on any atom is 0.387 e. The van der Waals surface area contributed by atoms with Crippen molar-refractivity contribution in [2.75, 3.05) is 5.75 Å². The van der Waals surface area contributed by atoms with Crippen molar-refractivity contribution in [3.63, 3.8) is 0 Å². The van der Waals surface area contributed by atoms with Crippen LogP contribution in [0.25, 0.3) is 16.6 Å². The number of urea groups is 1. The number of halogens is 2. The number of ether oxygens (including phenoxy) is 1. The number of rotatable bonds is 6. The molecule has 29 heavy (non-hydrogen) atoms. The van der Waals surface area contributed by atoms with Crippen LogP contribution in [-0.2, 0) is 4.79 Å². The zero-order valence-electron chi connectivity index (χ0n) is 14.7. The van der Waals surface area contributed by atoms with Crippen LogP contribution in [0.3, 0.4) is 0 Å². The molecule has 0 unspecified atom stereocenters. The Bertz CT molecular complexity index is 1120. The van der Waals surface area contributed by atoms with E-state index in [0.717, 1.165) is 11.8 Å². The summed E-state index contributed by atoms with van der Waals surface area (Å²) in [6.45, 7) is -2.97. The SMILES string of the molecule is NC(=O)NC(=O)CSc1nc2ccccc2c(=O)n1-c1ccc(OC(F)F)cc1. The van der Waals surface area contributed by atoms with Gasteiger partial charge in [-0.2, -0.15) is 8.78 Å². The molecule has 0 aliphatic carbocycles. The van der Waals surface area contributed by atoms with Gasteiger partial charge in [-0.15, -0.1) is 0 Å². The zero-order chi connectivity index (χ0) is 21.0. The number of imide groups is 1. The van der Waals surface area contributed by atoms with Crippen LogP contribution in [-0.4, -0.2) is 33.9 Å². The molecule has 0 bridgehead atoms. The molecule has 2 aromatic carbocycles. The first-order valence-electron chi connectivity index (χ1n) is 8.14. The van der Waals surface area contributed by atoms with E-state index in [1.54, 1.807) is 24.3 Å². The number of primary amides is 1. The first-order valence-corrected chi connectivity index (χ1v) is 9.13. The van der Waals surface area contributed by atoms with Gasteiger partial charge in [0, 0.05) is 0 Å². The summed E-state index contributed by atoms with van der Waals surface area (Å²) in [6.07, 6.45) is 0. The van der Waals surface area contributed by atoms with Crippen LogP contribution < -0.4 is 21.3 Å². The number of para-hydroxylation sites is 1. The van der Waals surface area contributed by atoms with E-state index in [1.165, 1.54) is 28.8 Å². The largest absolute Gasteiger partial charge is 0.435 e. The van der Waals surface area contributed by atoms with Gasteiger partial charge in [-0.25, -0.2) is 9.78 Å². The third-order valence-electron chi connectivity index (χ3n) is 3.66. The van der Waals surface area contributed by atoms with Crippen LogP contribution in [0.1, 0.15) is 0 Å². The second kappa shape index (κ2) is 8.69. The molecule has 11 heteroatoms. The van der Waals surface area contributed by atoms with E-state index < -0.39 is 24.1 Å². The number of nitrogens with two attached hydrogens (primary N) is 1. The Hall–Kier alpha value is -3.47. The van der Waals surface area contributed by atoms with Crippen molar-refractivity contribution in [1.29, 1.82) is 0 Å². The Kier molecular flexibility index (Phi) is 6.07. The molecule has 1 aromatic heterocycles. The molecule has 3 rings (SSSR count). The van der Waals surface area contributed by atoms with Gasteiger partial charge in [0.25, 0.3) is 5.56 Å². The quantitative estimate of drug-likeness (QED) is 0.467. The predicted molar refractivity (Wildman–Crippen MR) is 102 cm³/mol. The van der Waals surface area contributed by atoms with E-state index in [-0.39, 0.29) is 16.7 Å². The van der Waals surface area contributed by atoms with Crippen molar-refractivity contribution in [2.24, 2.45) is 5.73 Å². The molecule has 3 aromatic rings. The molecular weight excluding hydrogens is 406 g/mol. The standard InChI is InChI=1S/C18H14F2N4O4S/c19-16(20)28-11-7-5-10(6-8-11)24-15(26)12-3-1-2-4-13(12)22-18(24)29-9-14(25)23-17(21)27/h1-8,16H,9H2,(H3,21,23,25,27). The summed E-state index contributed by atoms with van der Waals surface area (Å²) in [5, 5.41) is 2.44. The number of amides is 3. The second-order valence-electron chi connectivity index (χ2n) is 5.63. The number of carbonyl (C=O) groups excluding carboxylic acids is 2. The predicted octanol–water partition coefficient (Wildman–Crippen LogP) is 2.27. The van der Waals surface area contributed by atoms with Crippen molar-refractivity contribution in [3.8, 4) is 11.4 Å². The molecule has 3 amide bonds. The average molecular weight is 420 g/mol. The van der Waals surface area contributed by atoms with Crippen LogP contribution in [0.4, 0.5) is 13.6 Å². The highest BCUT2D eigenvalue weighted by Crippen LogP contribution is 2.23. The molecule has 0 fully saturated rings. The summed E-state index contributed by atoms with van der Waals surface area (Å²) < 4.78 is 30.3.